The maximum atomic E-state index is 13.0. The van der Waals surface area contributed by atoms with E-state index in [4.69, 9.17) is 11.6 Å². The fourth-order valence-electron chi connectivity index (χ4n) is 3.95. The Morgan fingerprint density at radius 1 is 1.15 bits per heavy atom. The van der Waals surface area contributed by atoms with Crippen LogP contribution in [0, 0.1) is 0 Å². The van der Waals surface area contributed by atoms with E-state index >= 15 is 0 Å². The molecule has 3 rings (SSSR count). The van der Waals surface area contributed by atoms with E-state index < -0.39 is 0 Å². The molecule has 1 aromatic carbocycles. The van der Waals surface area contributed by atoms with E-state index in [-0.39, 0.29) is 23.0 Å². The van der Waals surface area contributed by atoms with Gasteiger partial charge in [0.05, 0.1) is 5.56 Å². The Morgan fingerprint density at radius 2 is 1.78 bits per heavy atom. The quantitative estimate of drug-likeness (QED) is 0.760. The average Bonchev–Trinajstić information content (AvgIpc) is 2.54. The molecule has 0 aliphatic carbocycles. The Labute approximate surface area is 170 Å². The van der Waals surface area contributed by atoms with Crippen LogP contribution in [0.15, 0.2) is 52.5 Å². The second-order valence-electron chi connectivity index (χ2n) is 8.38. The van der Waals surface area contributed by atoms with Crippen molar-refractivity contribution < 1.29 is 4.79 Å². The van der Waals surface area contributed by atoms with Gasteiger partial charge in [0, 0.05) is 33.2 Å². The number of pyridine rings is 1. The maximum Gasteiger partial charge on any atom is 0.254 e. The van der Waals surface area contributed by atoms with E-state index in [2.05, 4.69) is 43.3 Å². The van der Waals surface area contributed by atoms with Crippen LogP contribution in [0.5, 0.6) is 0 Å². The number of carbonyl (C=O) groups excluding carboxylic acids is 1. The molecule has 2 aromatic rings. The van der Waals surface area contributed by atoms with Crippen molar-refractivity contribution in [1.29, 1.82) is 0 Å². The summed E-state index contributed by atoms with van der Waals surface area (Å²) >= 11 is 7.43. The predicted molar refractivity (Wildman–Crippen MR) is 112 cm³/mol. The van der Waals surface area contributed by atoms with Gasteiger partial charge in [-0.25, -0.2) is 4.98 Å². The van der Waals surface area contributed by atoms with Crippen molar-refractivity contribution in [3.05, 3.63) is 53.2 Å². The van der Waals surface area contributed by atoms with Crippen molar-refractivity contribution >= 4 is 29.3 Å². The van der Waals surface area contributed by atoms with Crippen LogP contribution in [0.4, 0.5) is 0 Å². The second kappa shape index (κ2) is 7.82. The number of hydrogen-bond acceptors (Lipinski definition) is 4. The first-order chi connectivity index (χ1) is 12.6. The maximum absolute atomic E-state index is 13.0. The minimum Gasteiger partial charge on any atom is -0.349 e. The molecule has 27 heavy (non-hydrogen) atoms. The van der Waals surface area contributed by atoms with E-state index in [1.54, 1.807) is 12.3 Å². The SMILES string of the molecule is CC1(C)CC(NC(=O)c2cccnc2Sc2ccc(Cl)cc2)CC(C)(C)N1. The monoisotopic (exact) mass is 403 g/mol. The molecule has 2 heterocycles. The molecule has 1 aliphatic heterocycles. The summed E-state index contributed by atoms with van der Waals surface area (Å²) in [6.45, 7) is 8.72. The van der Waals surface area contributed by atoms with Crippen LogP contribution < -0.4 is 10.6 Å². The molecule has 4 nitrogen and oxygen atoms in total. The van der Waals surface area contributed by atoms with Crippen LogP contribution >= 0.6 is 23.4 Å². The molecule has 144 valence electrons. The number of amides is 1. The molecule has 2 N–H and O–H groups in total. The van der Waals surface area contributed by atoms with Crippen LogP contribution in [0.25, 0.3) is 0 Å². The van der Waals surface area contributed by atoms with Crippen LogP contribution in [0.3, 0.4) is 0 Å². The third-order valence-electron chi connectivity index (χ3n) is 4.57. The first-order valence-electron chi connectivity index (χ1n) is 9.12. The molecule has 0 unspecified atom stereocenters. The van der Waals surface area contributed by atoms with Crippen LogP contribution in [0.1, 0.15) is 50.9 Å². The van der Waals surface area contributed by atoms with Crippen molar-refractivity contribution in [2.24, 2.45) is 0 Å². The fraction of sp³-hybridized carbons (Fsp3) is 0.429. The fourth-order valence-corrected chi connectivity index (χ4v) is 4.95. The van der Waals surface area contributed by atoms with Gasteiger partial charge < -0.3 is 10.6 Å². The molecule has 6 heteroatoms. The minimum atomic E-state index is -0.0712. The largest absolute Gasteiger partial charge is 0.349 e. The Hall–Kier alpha value is -1.56. The van der Waals surface area contributed by atoms with Gasteiger partial charge in [0.1, 0.15) is 5.03 Å². The normalized spacial score (nSPS) is 18.9. The van der Waals surface area contributed by atoms with Gasteiger partial charge in [-0.3, -0.25) is 4.79 Å². The van der Waals surface area contributed by atoms with Gasteiger partial charge in [-0.15, -0.1) is 0 Å². The van der Waals surface area contributed by atoms with Gasteiger partial charge in [-0.05, 0) is 76.9 Å². The summed E-state index contributed by atoms with van der Waals surface area (Å²) in [5.74, 6) is -0.0712. The highest BCUT2D eigenvalue weighted by Gasteiger charge is 2.38. The molecule has 1 saturated heterocycles. The van der Waals surface area contributed by atoms with Crippen molar-refractivity contribution in [3.8, 4) is 0 Å². The summed E-state index contributed by atoms with van der Waals surface area (Å²) in [7, 11) is 0. The lowest BCUT2D eigenvalue weighted by atomic mass is 9.79. The van der Waals surface area contributed by atoms with Crippen molar-refractivity contribution in [2.45, 2.75) is 67.6 Å². The lowest BCUT2D eigenvalue weighted by Gasteiger charge is -2.46. The average molecular weight is 404 g/mol. The molecular weight excluding hydrogens is 378 g/mol. The van der Waals surface area contributed by atoms with Gasteiger partial charge >= 0.3 is 0 Å². The first kappa shape index (κ1) is 20.2. The zero-order valence-electron chi connectivity index (χ0n) is 16.2. The highest BCUT2D eigenvalue weighted by Crippen LogP contribution is 2.31. The van der Waals surface area contributed by atoms with Gasteiger partial charge in [0.25, 0.3) is 5.91 Å². The zero-order chi connectivity index (χ0) is 19.7. The molecule has 0 saturated carbocycles. The number of aromatic nitrogens is 1. The van der Waals surface area contributed by atoms with E-state index in [9.17, 15) is 4.79 Å². The lowest BCUT2D eigenvalue weighted by Crippen LogP contribution is -2.62. The number of carbonyl (C=O) groups is 1. The number of hydrogen-bond donors (Lipinski definition) is 2. The Balaban J connectivity index is 1.76. The molecule has 0 bridgehead atoms. The van der Waals surface area contributed by atoms with E-state index in [0.717, 1.165) is 17.7 Å². The molecule has 0 radical (unpaired) electrons. The van der Waals surface area contributed by atoms with E-state index in [1.165, 1.54) is 11.8 Å². The molecule has 1 aliphatic rings. The summed E-state index contributed by atoms with van der Waals surface area (Å²) in [5.41, 5.74) is 0.567. The number of benzene rings is 1. The lowest BCUT2D eigenvalue weighted by molar-refractivity contribution is 0.0869. The zero-order valence-corrected chi connectivity index (χ0v) is 17.7. The summed E-state index contributed by atoms with van der Waals surface area (Å²) in [6, 6.07) is 11.3. The Kier molecular flexibility index (Phi) is 5.84. The molecule has 1 fully saturated rings. The number of nitrogens with zero attached hydrogens (tertiary/aromatic N) is 1. The first-order valence-corrected chi connectivity index (χ1v) is 10.3. The van der Waals surface area contributed by atoms with Crippen LogP contribution in [0.2, 0.25) is 5.02 Å². The highest BCUT2D eigenvalue weighted by molar-refractivity contribution is 7.99. The summed E-state index contributed by atoms with van der Waals surface area (Å²) in [4.78, 5) is 18.4. The number of piperidine rings is 1. The second-order valence-corrected chi connectivity index (χ2v) is 9.88. The highest BCUT2D eigenvalue weighted by atomic mass is 35.5. The Morgan fingerprint density at radius 3 is 2.41 bits per heavy atom. The minimum absolute atomic E-state index is 0.0183. The van der Waals surface area contributed by atoms with Gasteiger partial charge in [-0.1, -0.05) is 23.4 Å². The summed E-state index contributed by atoms with van der Waals surface area (Å²) in [6.07, 6.45) is 3.50. The molecule has 1 amide bonds. The van der Waals surface area contributed by atoms with Gasteiger partial charge in [0.15, 0.2) is 0 Å². The van der Waals surface area contributed by atoms with E-state index in [1.807, 2.05) is 30.3 Å². The number of nitrogens with one attached hydrogen (secondary N) is 2. The molecule has 1 aromatic heterocycles. The number of rotatable bonds is 4. The smallest absolute Gasteiger partial charge is 0.254 e. The number of halogens is 1. The summed E-state index contributed by atoms with van der Waals surface area (Å²) in [5, 5.41) is 8.26. The Bertz CT molecular complexity index is 804. The molecular formula is C21H26ClN3OS. The van der Waals surface area contributed by atoms with Crippen molar-refractivity contribution in [1.82, 2.24) is 15.6 Å². The topological polar surface area (TPSA) is 54.0 Å². The van der Waals surface area contributed by atoms with Crippen LogP contribution in [-0.4, -0.2) is 28.0 Å². The molecule has 0 spiro atoms. The van der Waals surface area contributed by atoms with Crippen molar-refractivity contribution in [2.75, 3.05) is 0 Å². The van der Waals surface area contributed by atoms with Crippen LogP contribution in [-0.2, 0) is 0 Å². The van der Waals surface area contributed by atoms with Gasteiger partial charge in [0.2, 0.25) is 0 Å². The molecule has 0 atom stereocenters. The van der Waals surface area contributed by atoms with Gasteiger partial charge in [-0.2, -0.15) is 0 Å². The summed E-state index contributed by atoms with van der Waals surface area (Å²) < 4.78 is 0. The third-order valence-corrected chi connectivity index (χ3v) is 5.85. The third kappa shape index (κ3) is 5.47. The van der Waals surface area contributed by atoms with Crippen molar-refractivity contribution in [3.63, 3.8) is 0 Å². The predicted octanol–water partition coefficient (Wildman–Crippen LogP) is 4.93. The standard InChI is InChI=1S/C21H26ClN3OS/c1-20(2)12-15(13-21(3,4)25-20)24-18(26)17-6-5-11-23-19(17)27-16-9-7-14(22)8-10-16/h5-11,15,25H,12-13H2,1-4H3,(H,24,26). The van der Waals surface area contributed by atoms with E-state index in [0.29, 0.717) is 15.6 Å².